The number of benzene rings is 1. The van der Waals surface area contributed by atoms with Crippen LogP contribution >= 0.6 is 0 Å². The van der Waals surface area contributed by atoms with Gasteiger partial charge >= 0.3 is 5.97 Å². The molecular weight excluding hydrogens is 266 g/mol. The summed E-state index contributed by atoms with van der Waals surface area (Å²) in [6.07, 6.45) is 0.306. The lowest BCUT2D eigenvalue weighted by molar-refractivity contribution is -0.197. The van der Waals surface area contributed by atoms with E-state index in [2.05, 4.69) is 0 Å². The Morgan fingerprint density at radius 3 is 2.40 bits per heavy atom. The van der Waals surface area contributed by atoms with Gasteiger partial charge in [0.2, 0.25) is 0 Å². The van der Waals surface area contributed by atoms with Crippen molar-refractivity contribution >= 4 is 17.8 Å². The number of nitrogens with zero attached hydrogens (tertiary/aromatic N) is 1. The Morgan fingerprint density at radius 2 is 1.80 bits per heavy atom. The van der Waals surface area contributed by atoms with Gasteiger partial charge in [0.05, 0.1) is 6.42 Å². The molecule has 2 N–H and O–H groups in total. The highest BCUT2D eigenvalue weighted by atomic mass is 16.7. The van der Waals surface area contributed by atoms with Crippen molar-refractivity contribution in [1.29, 1.82) is 0 Å². The van der Waals surface area contributed by atoms with E-state index in [1.807, 2.05) is 0 Å². The maximum absolute atomic E-state index is 11.5. The first-order valence-corrected chi connectivity index (χ1v) is 6.05. The first-order valence-electron chi connectivity index (χ1n) is 6.05. The predicted molar refractivity (Wildman–Crippen MR) is 65.3 cm³/mol. The Bertz CT molecular complexity index is 552. The topological polar surface area (TPSA) is 104 Å². The molecule has 0 aromatic heterocycles. The molecule has 0 spiro atoms. The molecule has 106 valence electrons. The third-order valence-electron chi connectivity index (χ3n) is 2.86. The normalized spacial score (nSPS) is 14.7. The molecular formula is C13H13NO6. The number of hydrogen-bond donors (Lipinski definition) is 2. The van der Waals surface area contributed by atoms with Gasteiger partial charge in [-0.2, -0.15) is 0 Å². The molecule has 2 amide bonds. The Kier molecular flexibility index (Phi) is 3.88. The number of aromatic hydroxyl groups is 2. The number of phenolic OH excluding ortho intramolecular Hbond substituents is 2. The van der Waals surface area contributed by atoms with Gasteiger partial charge in [-0.25, -0.2) is 4.79 Å². The molecule has 1 aliphatic rings. The van der Waals surface area contributed by atoms with Crippen LogP contribution in [0, 0.1) is 0 Å². The van der Waals surface area contributed by atoms with Gasteiger partial charge in [0, 0.05) is 12.8 Å². The maximum Gasteiger partial charge on any atom is 0.333 e. The first-order chi connectivity index (χ1) is 9.47. The van der Waals surface area contributed by atoms with E-state index in [1.165, 1.54) is 12.1 Å². The second-order valence-corrected chi connectivity index (χ2v) is 4.37. The second-order valence-electron chi connectivity index (χ2n) is 4.37. The highest BCUT2D eigenvalue weighted by Gasteiger charge is 2.32. The Morgan fingerprint density at radius 1 is 1.15 bits per heavy atom. The lowest BCUT2D eigenvalue weighted by atomic mass is 10.1. The molecule has 0 atom stereocenters. The van der Waals surface area contributed by atoms with E-state index in [-0.39, 0.29) is 37.2 Å². The number of carbonyl (C=O) groups excluding carboxylic acids is 3. The number of amides is 2. The summed E-state index contributed by atoms with van der Waals surface area (Å²) in [4.78, 5) is 38.7. The minimum absolute atomic E-state index is 0.0535. The summed E-state index contributed by atoms with van der Waals surface area (Å²) in [5.41, 5.74) is 0.622. The van der Waals surface area contributed by atoms with Gasteiger partial charge in [0.25, 0.3) is 11.8 Å². The predicted octanol–water partition coefficient (Wildman–Crippen LogP) is 0.638. The SMILES string of the molecule is O=C(CCc1ccc(O)c(O)c1)ON1C(=O)CCC1=O. The van der Waals surface area contributed by atoms with Crippen LogP contribution in [0.2, 0.25) is 0 Å². The number of aryl methyl sites for hydroxylation is 1. The zero-order valence-electron chi connectivity index (χ0n) is 10.5. The van der Waals surface area contributed by atoms with Crippen molar-refractivity contribution in [3.05, 3.63) is 23.8 Å². The summed E-state index contributed by atoms with van der Waals surface area (Å²) in [6.45, 7) is 0. The van der Waals surface area contributed by atoms with E-state index in [4.69, 9.17) is 9.94 Å². The van der Waals surface area contributed by atoms with Crippen LogP contribution in [0.5, 0.6) is 11.5 Å². The van der Waals surface area contributed by atoms with Crippen LogP contribution in [0.25, 0.3) is 0 Å². The van der Waals surface area contributed by atoms with Crippen LogP contribution in [0.15, 0.2) is 18.2 Å². The van der Waals surface area contributed by atoms with Crippen LogP contribution in [-0.2, 0) is 25.6 Å². The van der Waals surface area contributed by atoms with Crippen molar-refractivity contribution in [2.24, 2.45) is 0 Å². The molecule has 1 fully saturated rings. The summed E-state index contributed by atoms with van der Waals surface area (Å²) in [6, 6.07) is 4.19. The zero-order valence-corrected chi connectivity index (χ0v) is 10.5. The molecule has 2 rings (SSSR count). The molecule has 1 saturated heterocycles. The highest BCUT2D eigenvalue weighted by Crippen LogP contribution is 2.25. The molecule has 0 unspecified atom stereocenters. The number of carbonyl (C=O) groups is 3. The van der Waals surface area contributed by atoms with Crippen molar-refractivity contribution in [3.63, 3.8) is 0 Å². The lowest BCUT2D eigenvalue weighted by Gasteiger charge is -2.12. The summed E-state index contributed by atoms with van der Waals surface area (Å²) < 4.78 is 0. The first kappa shape index (κ1) is 13.9. The molecule has 1 aromatic rings. The van der Waals surface area contributed by atoms with Crippen LogP contribution in [-0.4, -0.2) is 33.1 Å². The van der Waals surface area contributed by atoms with Gasteiger partial charge in [-0.05, 0) is 24.1 Å². The van der Waals surface area contributed by atoms with E-state index in [0.29, 0.717) is 10.6 Å². The Hall–Kier alpha value is -2.57. The molecule has 20 heavy (non-hydrogen) atoms. The maximum atomic E-state index is 11.5. The Labute approximate surface area is 114 Å². The van der Waals surface area contributed by atoms with Crippen LogP contribution in [0.3, 0.4) is 0 Å². The number of hydrogen-bond acceptors (Lipinski definition) is 6. The van der Waals surface area contributed by atoms with Gasteiger partial charge in [-0.1, -0.05) is 6.07 Å². The zero-order chi connectivity index (χ0) is 14.7. The van der Waals surface area contributed by atoms with E-state index in [1.54, 1.807) is 6.07 Å². The molecule has 1 aromatic carbocycles. The smallest absolute Gasteiger partial charge is 0.333 e. The van der Waals surface area contributed by atoms with E-state index < -0.39 is 17.8 Å². The van der Waals surface area contributed by atoms with E-state index in [0.717, 1.165) is 0 Å². The number of hydroxylamine groups is 2. The van der Waals surface area contributed by atoms with Crippen molar-refractivity contribution in [2.45, 2.75) is 25.7 Å². The average Bonchev–Trinajstić information content (AvgIpc) is 2.72. The Balaban J connectivity index is 1.87. The van der Waals surface area contributed by atoms with Crippen molar-refractivity contribution in [3.8, 4) is 11.5 Å². The van der Waals surface area contributed by atoms with Gasteiger partial charge in [-0.3, -0.25) is 9.59 Å². The van der Waals surface area contributed by atoms with Crippen molar-refractivity contribution < 1.29 is 29.4 Å². The summed E-state index contributed by atoms with van der Waals surface area (Å²) in [5, 5.41) is 18.9. The lowest BCUT2D eigenvalue weighted by Crippen LogP contribution is -2.32. The number of rotatable bonds is 4. The molecule has 7 nitrogen and oxygen atoms in total. The summed E-state index contributed by atoms with van der Waals surface area (Å²) in [5.74, 6) is -2.28. The fourth-order valence-electron chi connectivity index (χ4n) is 1.78. The molecule has 1 heterocycles. The van der Waals surface area contributed by atoms with Crippen LogP contribution in [0.4, 0.5) is 0 Å². The van der Waals surface area contributed by atoms with Gasteiger partial charge in [0.15, 0.2) is 11.5 Å². The molecule has 7 heteroatoms. The van der Waals surface area contributed by atoms with Crippen molar-refractivity contribution in [2.75, 3.05) is 0 Å². The molecule has 0 saturated carbocycles. The highest BCUT2D eigenvalue weighted by molar-refractivity contribution is 6.01. The van der Waals surface area contributed by atoms with Crippen LogP contribution < -0.4 is 0 Å². The number of phenols is 2. The summed E-state index contributed by atoms with van der Waals surface area (Å²) >= 11 is 0. The third-order valence-corrected chi connectivity index (χ3v) is 2.86. The third kappa shape index (κ3) is 3.05. The van der Waals surface area contributed by atoms with Crippen molar-refractivity contribution in [1.82, 2.24) is 5.06 Å². The fraction of sp³-hybridized carbons (Fsp3) is 0.308. The van der Waals surface area contributed by atoms with Gasteiger partial charge in [0.1, 0.15) is 0 Å². The quantitative estimate of drug-likeness (QED) is 0.619. The average molecular weight is 279 g/mol. The molecule has 1 aliphatic heterocycles. The van der Waals surface area contributed by atoms with Gasteiger partial charge in [-0.15, -0.1) is 5.06 Å². The molecule has 0 aliphatic carbocycles. The van der Waals surface area contributed by atoms with E-state index >= 15 is 0 Å². The monoisotopic (exact) mass is 279 g/mol. The minimum atomic E-state index is -0.707. The standard InChI is InChI=1S/C13H13NO6/c15-9-3-1-8(7-10(9)16)2-6-13(19)20-14-11(17)4-5-12(14)18/h1,3,7,15-16H,2,4-6H2. The molecule has 0 bridgehead atoms. The van der Waals surface area contributed by atoms with Crippen LogP contribution in [0.1, 0.15) is 24.8 Å². The van der Waals surface area contributed by atoms with Gasteiger partial charge < -0.3 is 15.1 Å². The largest absolute Gasteiger partial charge is 0.504 e. The fourth-order valence-corrected chi connectivity index (χ4v) is 1.78. The molecule has 0 radical (unpaired) electrons. The minimum Gasteiger partial charge on any atom is -0.504 e. The second kappa shape index (κ2) is 5.60. The van der Waals surface area contributed by atoms with E-state index in [9.17, 15) is 19.5 Å². The number of imide groups is 1. The summed E-state index contributed by atoms with van der Waals surface area (Å²) in [7, 11) is 0.